The number of methoxy groups -OCH3 is 2. The molecule has 7 heteroatoms. The molecule has 0 atom stereocenters. The topological polar surface area (TPSA) is 76.7 Å². The summed E-state index contributed by atoms with van der Waals surface area (Å²) in [4.78, 5) is 14.5. The van der Waals surface area contributed by atoms with Crippen LogP contribution in [0.2, 0.25) is 0 Å². The summed E-state index contributed by atoms with van der Waals surface area (Å²) in [6.45, 7) is 1.44. The third-order valence-corrected chi connectivity index (χ3v) is 5.02. The molecule has 0 aliphatic carbocycles. The van der Waals surface area contributed by atoms with E-state index in [0.717, 1.165) is 28.3 Å². The van der Waals surface area contributed by atoms with Gasteiger partial charge in [-0.3, -0.25) is 9.89 Å². The van der Waals surface area contributed by atoms with E-state index < -0.39 is 0 Å². The van der Waals surface area contributed by atoms with Crippen LogP contribution in [0.3, 0.4) is 0 Å². The Hall–Kier alpha value is -3.48. The van der Waals surface area contributed by atoms with Gasteiger partial charge in [-0.2, -0.15) is 5.10 Å². The van der Waals surface area contributed by atoms with E-state index in [2.05, 4.69) is 10.2 Å². The quantitative estimate of drug-likeness (QED) is 0.668. The molecule has 1 aromatic heterocycles. The molecular formula is C22H23N3O4. The molecule has 4 rings (SSSR count). The lowest BCUT2D eigenvalue weighted by Gasteiger charge is -2.27. The zero-order chi connectivity index (χ0) is 20.2. The van der Waals surface area contributed by atoms with Crippen molar-refractivity contribution in [2.24, 2.45) is 0 Å². The number of ether oxygens (including phenoxy) is 3. The number of hydrogen-bond acceptors (Lipinski definition) is 5. The lowest BCUT2D eigenvalue weighted by atomic mass is 9.98. The second kappa shape index (κ2) is 8.26. The van der Waals surface area contributed by atoms with Crippen LogP contribution < -0.4 is 14.2 Å². The molecule has 0 saturated carbocycles. The second-order valence-corrected chi connectivity index (χ2v) is 6.75. The van der Waals surface area contributed by atoms with Crippen molar-refractivity contribution >= 4 is 5.91 Å². The first-order valence-electron chi connectivity index (χ1n) is 9.43. The fourth-order valence-corrected chi connectivity index (χ4v) is 3.48. The van der Waals surface area contributed by atoms with Crippen molar-refractivity contribution in [2.75, 3.05) is 27.4 Å². The molecule has 2 heterocycles. The SMILES string of the molecule is COc1ccc(OC)c(-c2n[nH]c3c2CC(=O)N(CCOc2ccccc2)C3)c1. The number of para-hydroxylation sites is 1. The maximum absolute atomic E-state index is 12.7. The van der Waals surface area contributed by atoms with Crippen molar-refractivity contribution in [2.45, 2.75) is 13.0 Å². The Bertz CT molecular complexity index is 1000. The fourth-order valence-electron chi connectivity index (χ4n) is 3.48. The Morgan fingerprint density at radius 1 is 1.07 bits per heavy atom. The minimum absolute atomic E-state index is 0.0543. The predicted octanol–water partition coefficient (Wildman–Crippen LogP) is 3.06. The lowest BCUT2D eigenvalue weighted by molar-refractivity contribution is -0.132. The van der Waals surface area contributed by atoms with Gasteiger partial charge < -0.3 is 19.1 Å². The van der Waals surface area contributed by atoms with E-state index in [4.69, 9.17) is 14.2 Å². The number of amides is 1. The number of rotatable bonds is 7. The van der Waals surface area contributed by atoms with E-state index in [1.807, 2.05) is 48.5 Å². The van der Waals surface area contributed by atoms with Crippen LogP contribution in [-0.2, 0) is 17.8 Å². The van der Waals surface area contributed by atoms with Crippen LogP contribution in [0.1, 0.15) is 11.3 Å². The molecule has 1 N–H and O–H groups in total. The van der Waals surface area contributed by atoms with Crippen LogP contribution in [0, 0.1) is 0 Å². The number of nitrogens with zero attached hydrogens (tertiary/aromatic N) is 2. The third kappa shape index (κ3) is 3.89. The van der Waals surface area contributed by atoms with Gasteiger partial charge in [0.15, 0.2) is 0 Å². The average molecular weight is 393 g/mol. The van der Waals surface area contributed by atoms with E-state index in [-0.39, 0.29) is 12.3 Å². The molecule has 0 unspecified atom stereocenters. The highest BCUT2D eigenvalue weighted by molar-refractivity contribution is 5.84. The molecule has 29 heavy (non-hydrogen) atoms. The van der Waals surface area contributed by atoms with Crippen LogP contribution in [0.25, 0.3) is 11.3 Å². The summed E-state index contributed by atoms with van der Waals surface area (Å²) in [5.74, 6) is 2.25. The zero-order valence-electron chi connectivity index (χ0n) is 16.5. The van der Waals surface area contributed by atoms with Gasteiger partial charge in [0.2, 0.25) is 5.91 Å². The fraction of sp³-hybridized carbons (Fsp3) is 0.273. The first kappa shape index (κ1) is 18.9. The highest BCUT2D eigenvalue weighted by Gasteiger charge is 2.29. The van der Waals surface area contributed by atoms with Gasteiger partial charge in [-0.25, -0.2) is 0 Å². The molecular weight excluding hydrogens is 370 g/mol. The second-order valence-electron chi connectivity index (χ2n) is 6.75. The van der Waals surface area contributed by atoms with Crippen molar-refractivity contribution in [1.82, 2.24) is 15.1 Å². The van der Waals surface area contributed by atoms with Crippen LogP contribution in [0.15, 0.2) is 48.5 Å². The highest BCUT2D eigenvalue weighted by atomic mass is 16.5. The van der Waals surface area contributed by atoms with Crippen molar-refractivity contribution < 1.29 is 19.0 Å². The molecule has 7 nitrogen and oxygen atoms in total. The van der Waals surface area contributed by atoms with Gasteiger partial charge in [-0.1, -0.05) is 18.2 Å². The molecule has 0 radical (unpaired) electrons. The normalized spacial score (nSPS) is 13.2. The molecule has 0 fully saturated rings. The summed E-state index contributed by atoms with van der Waals surface area (Å²) in [5, 5.41) is 7.57. The number of carbonyl (C=O) groups is 1. The van der Waals surface area contributed by atoms with Crippen molar-refractivity contribution in [1.29, 1.82) is 0 Å². The molecule has 2 aromatic carbocycles. The summed E-state index contributed by atoms with van der Waals surface area (Å²) in [7, 11) is 3.23. The largest absolute Gasteiger partial charge is 0.497 e. The maximum atomic E-state index is 12.7. The molecule has 150 valence electrons. The molecule has 0 bridgehead atoms. The molecule has 1 amide bonds. The van der Waals surface area contributed by atoms with E-state index in [0.29, 0.717) is 31.2 Å². The third-order valence-electron chi connectivity index (χ3n) is 5.02. The van der Waals surface area contributed by atoms with E-state index in [1.54, 1.807) is 19.1 Å². The summed E-state index contributed by atoms with van der Waals surface area (Å²) < 4.78 is 16.5. The number of aromatic amines is 1. The Labute approximate surface area is 169 Å². The standard InChI is InChI=1S/C22H23N3O4/c1-27-16-8-9-20(28-2)18(12-16)22-17-13-21(26)25(14-19(17)23-24-22)10-11-29-15-6-4-3-5-7-15/h3-9,12H,10-11,13-14H2,1-2H3,(H,23,24). The average Bonchev–Trinajstić information content (AvgIpc) is 3.16. The van der Waals surface area contributed by atoms with E-state index in [9.17, 15) is 4.79 Å². The number of hydrogen-bond donors (Lipinski definition) is 1. The van der Waals surface area contributed by atoms with Gasteiger partial charge in [0.25, 0.3) is 0 Å². The highest BCUT2D eigenvalue weighted by Crippen LogP contribution is 2.36. The first-order valence-corrected chi connectivity index (χ1v) is 9.43. The Kier molecular flexibility index (Phi) is 5.37. The number of nitrogens with one attached hydrogen (secondary N) is 1. The van der Waals surface area contributed by atoms with Gasteiger partial charge in [0.05, 0.1) is 45.1 Å². The molecule has 3 aromatic rings. The smallest absolute Gasteiger partial charge is 0.227 e. The Balaban J connectivity index is 1.51. The Morgan fingerprint density at radius 3 is 2.66 bits per heavy atom. The number of H-pyrrole nitrogens is 1. The number of carbonyl (C=O) groups excluding carboxylic acids is 1. The molecule has 0 saturated heterocycles. The minimum atomic E-state index is 0.0543. The lowest BCUT2D eigenvalue weighted by Crippen LogP contribution is -2.38. The predicted molar refractivity (Wildman–Crippen MR) is 108 cm³/mol. The van der Waals surface area contributed by atoms with Crippen LogP contribution in [0.4, 0.5) is 0 Å². The number of aromatic nitrogens is 2. The van der Waals surface area contributed by atoms with Gasteiger partial charge >= 0.3 is 0 Å². The molecule has 0 spiro atoms. The van der Waals surface area contributed by atoms with Gasteiger partial charge in [-0.15, -0.1) is 0 Å². The molecule has 1 aliphatic heterocycles. The summed E-state index contributed by atoms with van der Waals surface area (Å²) in [6.07, 6.45) is 0.285. The summed E-state index contributed by atoms with van der Waals surface area (Å²) >= 11 is 0. The van der Waals surface area contributed by atoms with Crippen LogP contribution in [0.5, 0.6) is 17.2 Å². The van der Waals surface area contributed by atoms with Crippen LogP contribution in [-0.4, -0.2) is 48.4 Å². The summed E-state index contributed by atoms with van der Waals surface area (Å²) in [5.41, 5.74) is 3.37. The summed E-state index contributed by atoms with van der Waals surface area (Å²) in [6, 6.07) is 15.1. The zero-order valence-corrected chi connectivity index (χ0v) is 16.5. The monoisotopic (exact) mass is 393 g/mol. The number of benzene rings is 2. The number of fused-ring (bicyclic) bond motifs is 1. The van der Waals surface area contributed by atoms with Crippen LogP contribution >= 0.6 is 0 Å². The van der Waals surface area contributed by atoms with Gasteiger partial charge in [-0.05, 0) is 30.3 Å². The van der Waals surface area contributed by atoms with Gasteiger partial charge in [0, 0.05) is 11.1 Å². The van der Waals surface area contributed by atoms with E-state index >= 15 is 0 Å². The first-order chi connectivity index (χ1) is 14.2. The van der Waals surface area contributed by atoms with E-state index in [1.165, 1.54) is 0 Å². The maximum Gasteiger partial charge on any atom is 0.227 e. The van der Waals surface area contributed by atoms with Gasteiger partial charge in [0.1, 0.15) is 23.9 Å². The van der Waals surface area contributed by atoms with Crippen molar-refractivity contribution in [3.63, 3.8) is 0 Å². The minimum Gasteiger partial charge on any atom is -0.497 e. The van der Waals surface area contributed by atoms with Crippen molar-refractivity contribution in [3.05, 3.63) is 59.8 Å². The Morgan fingerprint density at radius 2 is 1.90 bits per heavy atom. The molecule has 1 aliphatic rings. The van der Waals surface area contributed by atoms with Crippen molar-refractivity contribution in [3.8, 4) is 28.5 Å².